The quantitative estimate of drug-likeness (QED) is 0.229. The first kappa shape index (κ1) is 29.1. The smallest absolute Gasteiger partial charge is 0.211 e. The molecule has 0 fully saturated rings. The van der Waals surface area contributed by atoms with Crippen molar-refractivity contribution in [2.45, 2.75) is 57.4 Å². The average Bonchev–Trinajstić information content (AvgIpc) is 3.00. The largest absolute Gasteiger partial charge is 0.497 e. The molecular formula is C34H40N2O4. The molecular weight excluding hydrogens is 500 g/mol. The summed E-state index contributed by atoms with van der Waals surface area (Å²) in [5, 5.41) is 14.3. The van der Waals surface area contributed by atoms with Crippen LogP contribution in [0.1, 0.15) is 49.5 Å². The second kappa shape index (κ2) is 14.0. The van der Waals surface area contributed by atoms with Gasteiger partial charge in [0.15, 0.2) is 0 Å². The summed E-state index contributed by atoms with van der Waals surface area (Å²) in [6.45, 7) is 5.24. The van der Waals surface area contributed by atoms with E-state index in [-0.39, 0.29) is 11.6 Å². The number of rotatable bonds is 14. The third kappa shape index (κ3) is 7.20. The fourth-order valence-corrected chi connectivity index (χ4v) is 5.43. The van der Waals surface area contributed by atoms with E-state index in [9.17, 15) is 9.90 Å². The maximum absolute atomic E-state index is 11.5. The van der Waals surface area contributed by atoms with Gasteiger partial charge in [0.2, 0.25) is 6.41 Å². The van der Waals surface area contributed by atoms with Gasteiger partial charge in [0.05, 0.1) is 18.9 Å². The maximum Gasteiger partial charge on any atom is 0.211 e. The van der Waals surface area contributed by atoms with Gasteiger partial charge < -0.3 is 19.9 Å². The molecule has 0 heterocycles. The molecule has 6 nitrogen and oxygen atoms in total. The third-order valence-corrected chi connectivity index (χ3v) is 7.74. The van der Waals surface area contributed by atoms with Crippen LogP contribution in [0.25, 0.3) is 0 Å². The van der Waals surface area contributed by atoms with E-state index in [0.717, 1.165) is 36.1 Å². The number of methoxy groups -OCH3 is 1. The molecule has 1 aliphatic rings. The van der Waals surface area contributed by atoms with Crippen molar-refractivity contribution < 1.29 is 19.4 Å². The zero-order valence-electron chi connectivity index (χ0n) is 23.6. The van der Waals surface area contributed by atoms with Crippen molar-refractivity contribution in [3.05, 3.63) is 114 Å². The molecule has 210 valence electrons. The van der Waals surface area contributed by atoms with Gasteiger partial charge in [0, 0.05) is 18.1 Å². The number of anilines is 1. The highest BCUT2D eigenvalue weighted by Gasteiger charge is 2.37. The molecule has 0 saturated heterocycles. The van der Waals surface area contributed by atoms with Crippen LogP contribution in [0, 0.1) is 0 Å². The lowest BCUT2D eigenvalue weighted by molar-refractivity contribution is -0.105. The normalized spacial score (nSPS) is 17.8. The Morgan fingerprint density at radius 3 is 2.48 bits per heavy atom. The fourth-order valence-electron chi connectivity index (χ4n) is 5.43. The van der Waals surface area contributed by atoms with Crippen LogP contribution >= 0.6 is 0 Å². The molecule has 3 aromatic carbocycles. The maximum atomic E-state index is 11.5. The topological polar surface area (TPSA) is 71.0 Å². The monoisotopic (exact) mass is 540 g/mol. The Morgan fingerprint density at radius 2 is 1.82 bits per heavy atom. The Balaban J connectivity index is 1.56. The number of aliphatic hydroxyl groups excluding tert-OH is 1. The number of hydrogen-bond acceptors (Lipinski definition) is 5. The summed E-state index contributed by atoms with van der Waals surface area (Å²) < 4.78 is 11.3. The predicted molar refractivity (Wildman–Crippen MR) is 161 cm³/mol. The van der Waals surface area contributed by atoms with Crippen LogP contribution < -0.4 is 14.8 Å². The minimum Gasteiger partial charge on any atom is -0.497 e. The minimum atomic E-state index is -0.767. The average molecular weight is 541 g/mol. The van der Waals surface area contributed by atoms with E-state index in [1.807, 2.05) is 54.6 Å². The van der Waals surface area contributed by atoms with Crippen LogP contribution in [0.15, 0.2) is 97.1 Å². The molecule has 0 aliphatic heterocycles. The summed E-state index contributed by atoms with van der Waals surface area (Å²) >= 11 is 0. The Bertz CT molecular complexity index is 1290. The van der Waals surface area contributed by atoms with Crippen molar-refractivity contribution >= 4 is 12.1 Å². The molecule has 0 saturated carbocycles. The van der Waals surface area contributed by atoms with E-state index in [1.54, 1.807) is 13.2 Å². The van der Waals surface area contributed by atoms with Gasteiger partial charge in [-0.2, -0.15) is 0 Å². The molecule has 3 atom stereocenters. The number of amides is 1. The number of nitrogens with zero attached hydrogens (tertiary/aromatic N) is 1. The van der Waals surface area contributed by atoms with Crippen LogP contribution in [-0.2, 0) is 17.8 Å². The van der Waals surface area contributed by atoms with Gasteiger partial charge in [-0.05, 0) is 67.1 Å². The van der Waals surface area contributed by atoms with Gasteiger partial charge >= 0.3 is 0 Å². The molecule has 2 N–H and O–H groups in total. The second-order valence-corrected chi connectivity index (χ2v) is 10.3. The van der Waals surface area contributed by atoms with Crippen molar-refractivity contribution in [1.82, 2.24) is 4.90 Å². The van der Waals surface area contributed by atoms with E-state index >= 15 is 0 Å². The molecule has 40 heavy (non-hydrogen) atoms. The highest BCUT2D eigenvalue weighted by atomic mass is 16.5. The predicted octanol–water partition coefficient (Wildman–Crippen LogP) is 6.47. The first-order chi connectivity index (χ1) is 19.5. The molecule has 2 unspecified atom stereocenters. The molecule has 6 heteroatoms. The van der Waals surface area contributed by atoms with Crippen molar-refractivity contribution in [1.29, 1.82) is 0 Å². The van der Waals surface area contributed by atoms with Gasteiger partial charge in [-0.3, -0.25) is 9.69 Å². The van der Waals surface area contributed by atoms with Crippen molar-refractivity contribution in [2.24, 2.45) is 0 Å². The highest BCUT2D eigenvalue weighted by molar-refractivity contribution is 5.76. The zero-order valence-corrected chi connectivity index (χ0v) is 23.6. The lowest BCUT2D eigenvalue weighted by atomic mass is 9.84. The first-order valence-electron chi connectivity index (χ1n) is 13.9. The molecule has 0 bridgehead atoms. The van der Waals surface area contributed by atoms with Crippen LogP contribution in [0.3, 0.4) is 0 Å². The standard InChI is InChI=1S/C34H40N2O4/c1-4-34(19-9-6-10-20-34)36(26(2)21-27-13-16-30(39-3)17-14-27)23-32(38)29-15-18-33(31(22-29)35-25-37)40-24-28-11-7-5-8-12-28/h5-19,22,25-26,32,38H,4,20-21,23-24H2,1-3H3,(H,35,37)/t26?,32?,34-/m0/s1. The van der Waals surface area contributed by atoms with Gasteiger partial charge in [0.25, 0.3) is 0 Å². The minimum absolute atomic E-state index is 0.153. The van der Waals surface area contributed by atoms with E-state index < -0.39 is 6.10 Å². The Morgan fingerprint density at radius 1 is 1.05 bits per heavy atom. The van der Waals surface area contributed by atoms with Crippen molar-refractivity contribution in [3.8, 4) is 11.5 Å². The Hall–Kier alpha value is -3.87. The fraction of sp³-hybridized carbons (Fsp3) is 0.324. The summed E-state index contributed by atoms with van der Waals surface area (Å²) in [7, 11) is 1.67. The molecule has 3 aromatic rings. The molecule has 4 rings (SSSR count). The molecule has 1 amide bonds. The third-order valence-electron chi connectivity index (χ3n) is 7.74. The molecule has 1 aliphatic carbocycles. The van der Waals surface area contributed by atoms with Gasteiger partial charge in [-0.1, -0.05) is 79.8 Å². The zero-order chi connectivity index (χ0) is 28.4. The Kier molecular flexibility index (Phi) is 10.2. The molecule has 0 aromatic heterocycles. The number of carbonyl (C=O) groups is 1. The highest BCUT2D eigenvalue weighted by Crippen LogP contribution is 2.35. The van der Waals surface area contributed by atoms with Gasteiger partial charge in [0.1, 0.15) is 18.1 Å². The first-order valence-corrected chi connectivity index (χ1v) is 13.9. The van der Waals surface area contributed by atoms with Crippen molar-refractivity contribution in [2.75, 3.05) is 19.0 Å². The molecule has 0 spiro atoms. The van der Waals surface area contributed by atoms with E-state index in [1.165, 1.54) is 5.56 Å². The number of nitrogens with one attached hydrogen (secondary N) is 1. The number of allylic oxidation sites excluding steroid dienone is 2. The SMILES string of the molecule is CC[C@]1(N(CC(O)c2ccc(OCc3ccccc3)c(NC=O)c2)C(C)Cc2ccc(OC)cc2)C=CC=CC1. The van der Waals surface area contributed by atoms with Crippen LogP contribution in [0.4, 0.5) is 5.69 Å². The lowest BCUT2D eigenvalue weighted by Gasteiger charge is -2.46. The van der Waals surface area contributed by atoms with Gasteiger partial charge in [-0.15, -0.1) is 0 Å². The Labute approximate surface area is 237 Å². The summed E-state index contributed by atoms with van der Waals surface area (Å²) in [6, 6.07) is 23.7. The molecule has 0 radical (unpaired) electrons. The summed E-state index contributed by atoms with van der Waals surface area (Å²) in [5.41, 5.74) is 3.30. The number of ether oxygens (including phenoxy) is 2. The lowest BCUT2D eigenvalue weighted by Crippen LogP contribution is -2.53. The number of aliphatic hydroxyl groups is 1. The van der Waals surface area contributed by atoms with Crippen LogP contribution in [0.2, 0.25) is 0 Å². The second-order valence-electron chi connectivity index (χ2n) is 10.3. The number of carbonyl (C=O) groups excluding carboxylic acids is 1. The number of β-amino-alcohol motifs (C(OH)–C–C–N with tert-alkyl or cyclic N) is 1. The summed E-state index contributed by atoms with van der Waals surface area (Å²) in [6.07, 6.45) is 11.2. The number of hydrogen-bond donors (Lipinski definition) is 2. The van der Waals surface area contributed by atoms with Crippen LogP contribution in [-0.4, -0.2) is 41.7 Å². The summed E-state index contributed by atoms with van der Waals surface area (Å²) in [4.78, 5) is 13.8. The summed E-state index contributed by atoms with van der Waals surface area (Å²) in [5.74, 6) is 1.40. The van der Waals surface area contributed by atoms with Crippen molar-refractivity contribution in [3.63, 3.8) is 0 Å². The van der Waals surface area contributed by atoms with E-state index in [2.05, 4.69) is 60.5 Å². The van der Waals surface area contributed by atoms with Gasteiger partial charge in [-0.25, -0.2) is 0 Å². The van der Waals surface area contributed by atoms with E-state index in [0.29, 0.717) is 31.0 Å². The van der Waals surface area contributed by atoms with E-state index in [4.69, 9.17) is 9.47 Å². The van der Waals surface area contributed by atoms with Crippen LogP contribution in [0.5, 0.6) is 11.5 Å². The number of benzene rings is 3.